The van der Waals surface area contributed by atoms with E-state index in [1.54, 1.807) is 0 Å². The second-order valence-electron chi connectivity index (χ2n) is 3.67. The third kappa shape index (κ3) is 3.95. The lowest BCUT2D eigenvalue weighted by atomic mass is 10.0. The monoisotopic (exact) mass is 200 g/mol. The van der Waals surface area contributed by atoms with E-state index in [9.17, 15) is 4.79 Å². The smallest absolute Gasteiger partial charge is 0.147 e. The minimum atomic E-state index is 0.803. The third-order valence-electron chi connectivity index (χ3n) is 2.58. The summed E-state index contributed by atoms with van der Waals surface area (Å²) in [5.41, 5.74) is 0.837. The van der Waals surface area contributed by atoms with E-state index in [4.69, 9.17) is 11.6 Å². The van der Waals surface area contributed by atoms with Crippen molar-refractivity contribution in [2.75, 3.05) is 0 Å². The Morgan fingerprint density at radius 3 is 2.08 bits per heavy atom. The highest BCUT2D eigenvalue weighted by atomic mass is 35.5. The van der Waals surface area contributed by atoms with Gasteiger partial charge in [-0.3, -0.25) is 4.79 Å². The minimum Gasteiger partial charge on any atom is -0.298 e. The molecule has 2 heteroatoms. The zero-order valence-corrected chi connectivity index (χ0v) is 8.78. The van der Waals surface area contributed by atoms with Crippen molar-refractivity contribution in [3.05, 3.63) is 10.6 Å². The molecule has 0 amide bonds. The molecule has 13 heavy (non-hydrogen) atoms. The first-order valence-corrected chi connectivity index (χ1v) is 5.55. The van der Waals surface area contributed by atoms with Gasteiger partial charge in [0.2, 0.25) is 0 Å². The lowest BCUT2D eigenvalue weighted by molar-refractivity contribution is -0.105. The molecule has 0 fully saturated rings. The average molecular weight is 201 g/mol. The zero-order chi connectivity index (χ0) is 9.52. The number of halogens is 1. The van der Waals surface area contributed by atoms with Crippen LogP contribution in [0.15, 0.2) is 10.6 Å². The molecule has 0 saturated heterocycles. The number of hydrogen-bond donors (Lipinski definition) is 0. The quantitative estimate of drug-likeness (QED) is 0.589. The SMILES string of the molecule is O=C/C1=C(\Cl)CCCCCCCC1. The van der Waals surface area contributed by atoms with Crippen LogP contribution in [0.4, 0.5) is 0 Å². The highest BCUT2D eigenvalue weighted by molar-refractivity contribution is 6.31. The molecule has 0 spiro atoms. The normalized spacial score (nSPS) is 26.8. The molecule has 0 aromatic carbocycles. The van der Waals surface area contributed by atoms with Crippen molar-refractivity contribution in [1.29, 1.82) is 0 Å². The lowest BCUT2D eigenvalue weighted by Crippen LogP contribution is -1.93. The van der Waals surface area contributed by atoms with Crippen LogP contribution in [0.1, 0.15) is 51.4 Å². The maximum absolute atomic E-state index is 10.7. The molecule has 0 heterocycles. The molecular formula is C11H17ClO. The van der Waals surface area contributed by atoms with Gasteiger partial charge in [0.25, 0.3) is 0 Å². The van der Waals surface area contributed by atoms with E-state index in [2.05, 4.69) is 0 Å². The van der Waals surface area contributed by atoms with E-state index in [1.807, 2.05) is 0 Å². The van der Waals surface area contributed by atoms with Crippen molar-refractivity contribution in [2.45, 2.75) is 51.4 Å². The van der Waals surface area contributed by atoms with E-state index >= 15 is 0 Å². The topological polar surface area (TPSA) is 17.1 Å². The fourth-order valence-electron chi connectivity index (χ4n) is 1.72. The van der Waals surface area contributed by atoms with Crippen LogP contribution in [0.5, 0.6) is 0 Å². The summed E-state index contributed by atoms with van der Waals surface area (Å²) in [5, 5.41) is 0.803. The molecule has 1 aliphatic carbocycles. The number of carbonyl (C=O) groups is 1. The second-order valence-corrected chi connectivity index (χ2v) is 4.13. The fraction of sp³-hybridized carbons (Fsp3) is 0.727. The summed E-state index contributed by atoms with van der Waals surface area (Å²) in [5.74, 6) is 0. The first-order valence-electron chi connectivity index (χ1n) is 5.17. The maximum Gasteiger partial charge on any atom is 0.147 e. The Balaban J connectivity index is 2.55. The molecule has 1 aliphatic rings. The molecule has 0 atom stereocenters. The molecule has 1 rings (SSSR count). The van der Waals surface area contributed by atoms with E-state index < -0.39 is 0 Å². The number of rotatable bonds is 1. The number of allylic oxidation sites excluding steroid dienone is 2. The van der Waals surface area contributed by atoms with Gasteiger partial charge in [-0.15, -0.1) is 0 Å². The molecule has 0 aromatic heterocycles. The predicted molar refractivity (Wildman–Crippen MR) is 55.9 cm³/mol. The Kier molecular flexibility index (Phi) is 5.14. The summed E-state index contributed by atoms with van der Waals surface area (Å²) >= 11 is 6.03. The highest BCUT2D eigenvalue weighted by Crippen LogP contribution is 2.23. The van der Waals surface area contributed by atoms with Gasteiger partial charge in [-0.05, 0) is 25.7 Å². The third-order valence-corrected chi connectivity index (χ3v) is 3.01. The van der Waals surface area contributed by atoms with Crippen molar-refractivity contribution in [1.82, 2.24) is 0 Å². The van der Waals surface area contributed by atoms with Gasteiger partial charge in [0.1, 0.15) is 6.29 Å². The van der Waals surface area contributed by atoms with Crippen LogP contribution in [-0.2, 0) is 4.79 Å². The molecule has 0 N–H and O–H groups in total. The van der Waals surface area contributed by atoms with Crippen LogP contribution < -0.4 is 0 Å². The Bertz CT molecular complexity index is 196. The van der Waals surface area contributed by atoms with E-state index in [0.717, 1.165) is 42.6 Å². The molecule has 0 saturated carbocycles. The highest BCUT2D eigenvalue weighted by Gasteiger charge is 2.05. The first kappa shape index (κ1) is 10.8. The average Bonchev–Trinajstić information content (AvgIpc) is 2.16. The Labute approximate surface area is 85.2 Å². The summed E-state index contributed by atoms with van der Waals surface area (Å²) < 4.78 is 0. The van der Waals surface area contributed by atoms with Gasteiger partial charge >= 0.3 is 0 Å². The molecule has 74 valence electrons. The standard InChI is InChI=1S/C11H17ClO/c12-11-8-6-4-2-1-3-5-7-10(11)9-13/h9H,1-8H2/b11-10-. The summed E-state index contributed by atoms with van der Waals surface area (Å²) in [6.45, 7) is 0. The Hall–Kier alpha value is -0.300. The summed E-state index contributed by atoms with van der Waals surface area (Å²) in [7, 11) is 0. The van der Waals surface area contributed by atoms with Crippen molar-refractivity contribution in [2.24, 2.45) is 0 Å². The van der Waals surface area contributed by atoms with Gasteiger partial charge in [-0.1, -0.05) is 37.3 Å². The van der Waals surface area contributed by atoms with Crippen molar-refractivity contribution in [3.63, 3.8) is 0 Å². The minimum absolute atomic E-state index is 0.803. The van der Waals surface area contributed by atoms with Crippen LogP contribution in [0, 0.1) is 0 Å². The Morgan fingerprint density at radius 1 is 0.923 bits per heavy atom. The summed E-state index contributed by atoms with van der Waals surface area (Å²) in [4.78, 5) is 10.7. The maximum atomic E-state index is 10.7. The molecule has 0 aromatic rings. The molecule has 0 aliphatic heterocycles. The number of aldehydes is 1. The van der Waals surface area contributed by atoms with Gasteiger partial charge in [0.15, 0.2) is 0 Å². The van der Waals surface area contributed by atoms with Crippen LogP contribution in [0.3, 0.4) is 0 Å². The largest absolute Gasteiger partial charge is 0.298 e. The van der Waals surface area contributed by atoms with Gasteiger partial charge < -0.3 is 0 Å². The van der Waals surface area contributed by atoms with Crippen LogP contribution in [0.25, 0.3) is 0 Å². The second kappa shape index (κ2) is 6.20. The van der Waals surface area contributed by atoms with Gasteiger partial charge in [-0.25, -0.2) is 0 Å². The molecule has 1 nitrogen and oxygen atoms in total. The molecule has 0 bridgehead atoms. The van der Waals surface area contributed by atoms with Crippen LogP contribution in [0.2, 0.25) is 0 Å². The van der Waals surface area contributed by atoms with Gasteiger partial charge in [0, 0.05) is 10.6 Å². The van der Waals surface area contributed by atoms with E-state index in [1.165, 1.54) is 25.7 Å². The van der Waals surface area contributed by atoms with Crippen LogP contribution in [-0.4, -0.2) is 6.29 Å². The molecule has 0 unspecified atom stereocenters. The van der Waals surface area contributed by atoms with Crippen molar-refractivity contribution < 1.29 is 4.79 Å². The predicted octanol–water partition coefficient (Wildman–Crippen LogP) is 3.81. The Morgan fingerprint density at radius 2 is 1.46 bits per heavy atom. The van der Waals surface area contributed by atoms with Gasteiger partial charge in [0.05, 0.1) is 0 Å². The zero-order valence-electron chi connectivity index (χ0n) is 8.02. The summed E-state index contributed by atoms with van der Waals surface area (Å²) in [6.07, 6.45) is 10.1. The molecule has 0 radical (unpaired) electrons. The van der Waals surface area contributed by atoms with E-state index in [-0.39, 0.29) is 0 Å². The van der Waals surface area contributed by atoms with Crippen molar-refractivity contribution >= 4 is 17.9 Å². The number of hydrogen-bond acceptors (Lipinski definition) is 1. The van der Waals surface area contributed by atoms with Gasteiger partial charge in [-0.2, -0.15) is 0 Å². The molecular weight excluding hydrogens is 184 g/mol. The summed E-state index contributed by atoms with van der Waals surface area (Å²) in [6, 6.07) is 0. The fourth-order valence-corrected chi connectivity index (χ4v) is 1.99. The van der Waals surface area contributed by atoms with Crippen molar-refractivity contribution in [3.8, 4) is 0 Å². The number of carbonyl (C=O) groups excluding carboxylic acids is 1. The first-order chi connectivity index (χ1) is 6.34. The lowest BCUT2D eigenvalue weighted by Gasteiger charge is -2.08. The van der Waals surface area contributed by atoms with Crippen LogP contribution >= 0.6 is 11.6 Å². The van der Waals surface area contributed by atoms with E-state index in [0.29, 0.717) is 0 Å².